The van der Waals surface area contributed by atoms with Gasteiger partial charge in [0.05, 0.1) is 0 Å². The number of carbonyl (C=O) groups is 1. The molecule has 0 spiro atoms. The average Bonchev–Trinajstić information content (AvgIpc) is 3.39. The fourth-order valence-corrected chi connectivity index (χ4v) is 3.86. The van der Waals surface area contributed by atoms with Crippen molar-refractivity contribution in [3.8, 4) is 0 Å². The minimum Gasteiger partial charge on any atom is -0.342 e. The summed E-state index contributed by atoms with van der Waals surface area (Å²) in [5.41, 5.74) is 0.989. The van der Waals surface area contributed by atoms with E-state index in [2.05, 4.69) is 5.32 Å². The van der Waals surface area contributed by atoms with Crippen LogP contribution in [0, 0.1) is 11.8 Å². The number of hydrogen-bond acceptors (Lipinski definition) is 2. The molecule has 1 aliphatic heterocycles. The van der Waals surface area contributed by atoms with E-state index in [0.717, 1.165) is 44.0 Å². The van der Waals surface area contributed by atoms with Gasteiger partial charge in [0.15, 0.2) is 0 Å². The predicted octanol–water partition coefficient (Wildman–Crippen LogP) is 4.58. The van der Waals surface area contributed by atoms with Gasteiger partial charge < -0.3 is 10.2 Å². The van der Waals surface area contributed by atoms with Crippen LogP contribution in [0.2, 0.25) is 10.0 Å². The Morgan fingerprint density at radius 2 is 1.92 bits per heavy atom. The highest BCUT2D eigenvalue weighted by Crippen LogP contribution is 2.28. The zero-order valence-electron chi connectivity index (χ0n) is 14.6. The van der Waals surface area contributed by atoms with Gasteiger partial charge in [0.25, 0.3) is 0 Å². The van der Waals surface area contributed by atoms with E-state index in [9.17, 15) is 4.79 Å². The number of rotatable bonds is 6. The molecule has 1 saturated heterocycles. The topological polar surface area (TPSA) is 32.3 Å². The number of nitrogens with zero attached hydrogens (tertiary/aromatic N) is 1. The van der Waals surface area contributed by atoms with Crippen molar-refractivity contribution in [2.75, 3.05) is 19.6 Å². The molecule has 140 valence electrons. The first kappa shape index (κ1) is 20.8. The molecular weight excluding hydrogens is 379 g/mol. The second-order valence-electron chi connectivity index (χ2n) is 7.29. The molecule has 1 N–H and O–H groups in total. The molecule has 6 heteroatoms. The van der Waals surface area contributed by atoms with Crippen molar-refractivity contribution in [2.45, 2.75) is 45.1 Å². The van der Waals surface area contributed by atoms with Crippen LogP contribution in [0.15, 0.2) is 18.2 Å². The third-order valence-corrected chi connectivity index (χ3v) is 5.75. The summed E-state index contributed by atoms with van der Waals surface area (Å²) in [5.74, 6) is 1.09. The van der Waals surface area contributed by atoms with Crippen LogP contribution < -0.4 is 5.32 Å². The molecule has 2 aliphatic rings. The van der Waals surface area contributed by atoms with Gasteiger partial charge in [-0.3, -0.25) is 4.79 Å². The lowest BCUT2D eigenvalue weighted by atomic mass is 9.97. The van der Waals surface area contributed by atoms with Gasteiger partial charge in [0.2, 0.25) is 5.91 Å². The Hall–Kier alpha value is -0.480. The Morgan fingerprint density at radius 3 is 2.52 bits per heavy atom. The smallest absolute Gasteiger partial charge is 0.225 e. The monoisotopic (exact) mass is 404 g/mol. The zero-order chi connectivity index (χ0) is 17.1. The van der Waals surface area contributed by atoms with Gasteiger partial charge in [-0.25, -0.2) is 0 Å². The van der Waals surface area contributed by atoms with E-state index in [1.54, 1.807) is 6.07 Å². The molecule has 0 radical (unpaired) electrons. The molecule has 1 aromatic rings. The van der Waals surface area contributed by atoms with E-state index in [4.69, 9.17) is 23.2 Å². The Bertz CT molecular complexity index is 584. The van der Waals surface area contributed by atoms with Crippen molar-refractivity contribution in [2.24, 2.45) is 11.8 Å². The van der Waals surface area contributed by atoms with Gasteiger partial charge >= 0.3 is 0 Å². The molecule has 1 aromatic carbocycles. The van der Waals surface area contributed by atoms with Gasteiger partial charge in [0, 0.05) is 35.1 Å². The van der Waals surface area contributed by atoms with E-state index in [1.165, 1.54) is 12.8 Å². The van der Waals surface area contributed by atoms with Gasteiger partial charge in [-0.05, 0) is 62.3 Å². The number of carbonyl (C=O) groups excluding carboxylic acids is 1. The third-order valence-electron chi connectivity index (χ3n) is 5.16. The van der Waals surface area contributed by atoms with Crippen LogP contribution >= 0.6 is 35.6 Å². The number of amides is 1. The van der Waals surface area contributed by atoms with Crippen LogP contribution in [-0.2, 0) is 11.2 Å². The van der Waals surface area contributed by atoms with Crippen LogP contribution in [-0.4, -0.2) is 36.5 Å². The van der Waals surface area contributed by atoms with Crippen LogP contribution in [0.1, 0.15) is 38.2 Å². The highest BCUT2D eigenvalue weighted by atomic mass is 35.5. The molecule has 1 heterocycles. The Kier molecular flexibility index (Phi) is 7.88. The quantitative estimate of drug-likeness (QED) is 0.751. The van der Waals surface area contributed by atoms with Crippen LogP contribution in [0.4, 0.5) is 0 Å². The largest absolute Gasteiger partial charge is 0.342 e. The number of hydrogen-bond donors (Lipinski definition) is 1. The number of likely N-dealkylation sites (tertiary alicyclic amines) is 1. The molecule has 1 saturated carbocycles. The van der Waals surface area contributed by atoms with Crippen LogP contribution in [0.25, 0.3) is 0 Å². The molecular formula is C19H27Cl3N2O. The van der Waals surface area contributed by atoms with E-state index >= 15 is 0 Å². The summed E-state index contributed by atoms with van der Waals surface area (Å²) in [4.78, 5) is 14.7. The summed E-state index contributed by atoms with van der Waals surface area (Å²) >= 11 is 12.2. The second kappa shape index (κ2) is 9.45. The molecule has 1 atom stereocenters. The van der Waals surface area contributed by atoms with Crippen molar-refractivity contribution in [1.82, 2.24) is 10.2 Å². The summed E-state index contributed by atoms with van der Waals surface area (Å²) in [6.45, 7) is 4.87. The maximum absolute atomic E-state index is 12.7. The van der Waals surface area contributed by atoms with E-state index < -0.39 is 0 Å². The Morgan fingerprint density at radius 1 is 1.24 bits per heavy atom. The zero-order valence-corrected chi connectivity index (χ0v) is 17.0. The number of benzene rings is 1. The van der Waals surface area contributed by atoms with Gasteiger partial charge in [-0.2, -0.15) is 0 Å². The van der Waals surface area contributed by atoms with E-state index in [1.807, 2.05) is 24.0 Å². The SMILES string of the molecule is CC(Cc1ccc(Cl)cc1Cl)C(=O)N1CCC(NCC2CC2)CC1.Cl. The summed E-state index contributed by atoms with van der Waals surface area (Å²) in [6, 6.07) is 6.07. The first-order chi connectivity index (χ1) is 11.5. The molecule has 1 unspecified atom stereocenters. The first-order valence-corrected chi connectivity index (χ1v) is 9.74. The number of halogens is 3. The molecule has 25 heavy (non-hydrogen) atoms. The molecule has 2 fully saturated rings. The van der Waals surface area contributed by atoms with E-state index in [-0.39, 0.29) is 24.2 Å². The Labute approximate surface area is 166 Å². The van der Waals surface area contributed by atoms with Crippen molar-refractivity contribution in [3.63, 3.8) is 0 Å². The van der Waals surface area contributed by atoms with Gasteiger partial charge in [-0.15, -0.1) is 12.4 Å². The Balaban J connectivity index is 0.00000225. The summed E-state index contributed by atoms with van der Waals surface area (Å²) in [6.07, 6.45) is 5.55. The molecule has 3 rings (SSSR count). The minimum absolute atomic E-state index is 0. The second-order valence-corrected chi connectivity index (χ2v) is 8.14. The van der Waals surface area contributed by atoms with E-state index in [0.29, 0.717) is 22.5 Å². The predicted molar refractivity (Wildman–Crippen MR) is 107 cm³/mol. The normalized spacial score (nSPS) is 19.4. The summed E-state index contributed by atoms with van der Waals surface area (Å²) in [5, 5.41) is 4.93. The number of piperidine rings is 1. The highest BCUT2D eigenvalue weighted by Gasteiger charge is 2.28. The van der Waals surface area contributed by atoms with Crippen molar-refractivity contribution in [1.29, 1.82) is 0 Å². The fraction of sp³-hybridized carbons (Fsp3) is 0.632. The minimum atomic E-state index is -0.0559. The maximum Gasteiger partial charge on any atom is 0.225 e. The molecule has 1 aliphatic carbocycles. The molecule has 0 bridgehead atoms. The lowest BCUT2D eigenvalue weighted by Gasteiger charge is -2.34. The van der Waals surface area contributed by atoms with Gasteiger partial charge in [0.1, 0.15) is 0 Å². The highest BCUT2D eigenvalue weighted by molar-refractivity contribution is 6.35. The molecule has 3 nitrogen and oxygen atoms in total. The number of nitrogens with one attached hydrogen (secondary N) is 1. The van der Waals surface area contributed by atoms with Crippen molar-refractivity contribution >= 4 is 41.5 Å². The van der Waals surface area contributed by atoms with Crippen molar-refractivity contribution < 1.29 is 4.79 Å². The summed E-state index contributed by atoms with van der Waals surface area (Å²) in [7, 11) is 0. The van der Waals surface area contributed by atoms with Crippen molar-refractivity contribution in [3.05, 3.63) is 33.8 Å². The van der Waals surface area contributed by atoms with Crippen LogP contribution in [0.3, 0.4) is 0 Å². The fourth-order valence-electron chi connectivity index (χ4n) is 3.38. The van der Waals surface area contributed by atoms with Gasteiger partial charge in [-0.1, -0.05) is 36.2 Å². The lowest BCUT2D eigenvalue weighted by molar-refractivity contribution is -0.136. The lowest BCUT2D eigenvalue weighted by Crippen LogP contribution is -2.47. The third kappa shape index (κ3) is 6.02. The maximum atomic E-state index is 12.7. The molecule has 0 aromatic heterocycles. The molecule has 1 amide bonds. The first-order valence-electron chi connectivity index (χ1n) is 8.99. The van der Waals surface area contributed by atoms with Crippen LogP contribution in [0.5, 0.6) is 0 Å². The average molecular weight is 406 g/mol. The standard InChI is InChI=1S/C19H26Cl2N2O.ClH/c1-13(10-15-4-5-16(20)11-18(15)21)19(24)23-8-6-17(7-9-23)22-12-14-2-3-14;/h4-5,11,13-14,17,22H,2-3,6-10,12H2,1H3;1H. The summed E-state index contributed by atoms with van der Waals surface area (Å²) < 4.78 is 0.